The number of benzene rings is 2. The van der Waals surface area contributed by atoms with Gasteiger partial charge in [-0.05, 0) is 43.0 Å². The molecule has 194 valence electrons. The number of halogens is 2. The maximum Gasteiger partial charge on any atom is 0.197 e. The second-order valence-electron chi connectivity index (χ2n) is 10.00. The van der Waals surface area contributed by atoms with Crippen LogP contribution in [0.3, 0.4) is 0 Å². The first-order valence-corrected chi connectivity index (χ1v) is 12.9. The van der Waals surface area contributed by atoms with Crippen LogP contribution in [-0.2, 0) is 12.0 Å². The lowest BCUT2D eigenvalue weighted by atomic mass is 9.84. The Hall–Kier alpha value is -2.81. The predicted molar refractivity (Wildman–Crippen MR) is 143 cm³/mol. The maximum atomic E-state index is 15.6. The quantitative estimate of drug-likeness (QED) is 0.415. The smallest absolute Gasteiger partial charge is 0.197 e. The van der Waals surface area contributed by atoms with Crippen molar-refractivity contribution in [2.24, 2.45) is 4.02 Å². The van der Waals surface area contributed by atoms with Crippen LogP contribution >= 0.6 is 16.1 Å². The minimum absolute atomic E-state index is 0.0411. The molecule has 2 aliphatic rings. The zero-order valence-corrected chi connectivity index (χ0v) is 23.3. The number of rotatable bonds is 7. The third-order valence-corrected chi connectivity index (χ3v) is 6.78. The molecule has 0 saturated carbocycles. The summed E-state index contributed by atoms with van der Waals surface area (Å²) in [6.45, 7) is 12.4. The fraction of sp³-hybridized carbons (Fsp3) is 0.481. The highest BCUT2D eigenvalue weighted by Crippen LogP contribution is 2.42. The largest absolute Gasteiger partial charge is 0.490 e. The van der Waals surface area contributed by atoms with Crippen molar-refractivity contribution in [3.8, 4) is 17.2 Å². The highest BCUT2D eigenvalue weighted by molar-refractivity contribution is 9.08. The molecular formula is C27H33BrFN3O4. The van der Waals surface area contributed by atoms with Gasteiger partial charge in [-0.1, -0.05) is 20.8 Å². The number of hydrogen-bond acceptors (Lipinski definition) is 6. The molecule has 0 spiro atoms. The fourth-order valence-electron chi connectivity index (χ4n) is 4.67. The molecule has 4 rings (SSSR count). The molecule has 2 aromatic rings. The van der Waals surface area contributed by atoms with E-state index >= 15 is 4.39 Å². The van der Waals surface area contributed by atoms with E-state index in [1.807, 2.05) is 26.1 Å². The maximum absolute atomic E-state index is 15.6. The molecule has 0 aromatic heterocycles. The van der Waals surface area contributed by atoms with Gasteiger partial charge in [0.25, 0.3) is 0 Å². The van der Waals surface area contributed by atoms with Gasteiger partial charge in [0.1, 0.15) is 18.2 Å². The number of carbonyl (C=O) groups excluding carboxylic acids is 1. The van der Waals surface area contributed by atoms with Crippen molar-refractivity contribution in [3.05, 3.63) is 46.3 Å². The summed E-state index contributed by atoms with van der Waals surface area (Å²) in [6.07, 6.45) is 0. The topological polar surface area (TPSA) is 63.6 Å². The molecule has 0 amide bonds. The number of hydrogen-bond donors (Lipinski definition) is 0. The minimum atomic E-state index is -0.534. The number of fused-ring (bicyclic) bond motifs is 2. The third kappa shape index (κ3) is 4.77. The van der Waals surface area contributed by atoms with Crippen molar-refractivity contribution in [1.82, 2.24) is 4.90 Å². The van der Waals surface area contributed by atoms with Gasteiger partial charge in [0.05, 0.1) is 53.7 Å². The highest BCUT2D eigenvalue weighted by Gasteiger charge is 2.35. The predicted octanol–water partition coefficient (Wildman–Crippen LogP) is 5.50. The van der Waals surface area contributed by atoms with E-state index in [1.54, 1.807) is 17.9 Å². The minimum Gasteiger partial charge on any atom is -0.490 e. The zero-order valence-electron chi connectivity index (χ0n) is 21.7. The first-order chi connectivity index (χ1) is 17.1. The summed E-state index contributed by atoms with van der Waals surface area (Å²) in [6, 6.07) is 5.59. The summed E-state index contributed by atoms with van der Waals surface area (Å²) in [5.74, 6) is 0.984. The van der Waals surface area contributed by atoms with Gasteiger partial charge in [0.2, 0.25) is 0 Å². The van der Waals surface area contributed by atoms with Gasteiger partial charge < -0.3 is 24.0 Å². The Morgan fingerprint density at radius 2 is 1.92 bits per heavy atom. The number of amidine groups is 1. The molecular weight excluding hydrogens is 529 g/mol. The van der Waals surface area contributed by atoms with Crippen molar-refractivity contribution >= 4 is 33.5 Å². The van der Waals surface area contributed by atoms with Gasteiger partial charge in [0, 0.05) is 24.7 Å². The van der Waals surface area contributed by atoms with Gasteiger partial charge >= 0.3 is 0 Å². The lowest BCUT2D eigenvalue weighted by Crippen LogP contribution is -2.33. The Bertz CT molecular complexity index is 1210. The van der Waals surface area contributed by atoms with Crippen LogP contribution < -0.4 is 19.1 Å². The van der Waals surface area contributed by atoms with Gasteiger partial charge in [-0.2, -0.15) is 4.02 Å². The van der Waals surface area contributed by atoms with Gasteiger partial charge in [-0.15, -0.1) is 0 Å². The van der Waals surface area contributed by atoms with Crippen molar-refractivity contribution in [1.29, 1.82) is 0 Å². The standard InChI is InChI=1S/C27H33BrFN3O4/c1-7-34-21-13-17-14-32(26(30-28)22(17)23(29)25(21)35-8-2)15-20(33)16-11-18(27(3,4)5)24-19(12-16)31(6)9-10-36-24/h11-13H,7-10,14-15H2,1-6H3/b30-26-. The first kappa shape index (κ1) is 26.3. The second-order valence-corrected chi connectivity index (χ2v) is 10.4. The number of anilines is 1. The molecule has 0 radical (unpaired) electrons. The Morgan fingerprint density at radius 1 is 1.19 bits per heavy atom. The summed E-state index contributed by atoms with van der Waals surface area (Å²) < 4.78 is 37.0. The molecule has 2 aliphatic heterocycles. The van der Waals surface area contributed by atoms with E-state index in [4.69, 9.17) is 14.2 Å². The van der Waals surface area contributed by atoms with Crippen LogP contribution in [0.25, 0.3) is 0 Å². The van der Waals surface area contributed by atoms with Crippen molar-refractivity contribution in [3.63, 3.8) is 0 Å². The van der Waals surface area contributed by atoms with Crippen LogP contribution in [0.2, 0.25) is 0 Å². The Morgan fingerprint density at radius 3 is 2.56 bits per heavy atom. The van der Waals surface area contributed by atoms with Crippen LogP contribution in [0.1, 0.15) is 61.7 Å². The molecule has 0 unspecified atom stereocenters. The van der Waals surface area contributed by atoms with Gasteiger partial charge in [-0.25, -0.2) is 4.39 Å². The van der Waals surface area contributed by atoms with Crippen LogP contribution in [0.4, 0.5) is 10.1 Å². The zero-order chi connectivity index (χ0) is 26.2. The molecule has 7 nitrogen and oxygen atoms in total. The molecule has 0 saturated heterocycles. The average Bonchev–Trinajstić information content (AvgIpc) is 3.17. The average molecular weight is 562 g/mol. The SMILES string of the molecule is CCOc1cc2c(c(F)c1OCC)/C(=N/Br)N(CC(=O)c1cc3c(c(C(C)(C)C)c1)OCCN3C)C2. The molecule has 0 N–H and O–H groups in total. The number of nitrogens with zero attached hydrogens (tertiary/aromatic N) is 3. The monoisotopic (exact) mass is 561 g/mol. The fourth-order valence-corrected chi connectivity index (χ4v) is 5.07. The van der Waals surface area contributed by atoms with Gasteiger partial charge in [-0.3, -0.25) is 4.79 Å². The summed E-state index contributed by atoms with van der Waals surface area (Å²) in [5.41, 5.74) is 3.29. The lowest BCUT2D eigenvalue weighted by Gasteiger charge is -2.33. The van der Waals surface area contributed by atoms with Gasteiger partial charge in [0.15, 0.2) is 23.1 Å². The Balaban J connectivity index is 1.69. The number of carbonyl (C=O) groups is 1. The van der Waals surface area contributed by atoms with E-state index in [0.29, 0.717) is 54.6 Å². The van der Waals surface area contributed by atoms with Crippen LogP contribution in [0.5, 0.6) is 17.2 Å². The summed E-state index contributed by atoms with van der Waals surface area (Å²) in [5, 5.41) is 0. The number of ketones is 1. The van der Waals surface area contributed by atoms with E-state index in [1.165, 1.54) is 0 Å². The van der Waals surface area contributed by atoms with Crippen molar-refractivity contribution in [2.45, 2.75) is 46.6 Å². The van der Waals surface area contributed by atoms with Crippen molar-refractivity contribution < 1.29 is 23.4 Å². The molecule has 2 heterocycles. The number of likely N-dealkylation sites (N-methyl/N-ethyl adjacent to an activating group) is 1. The molecule has 9 heteroatoms. The summed E-state index contributed by atoms with van der Waals surface area (Å²) in [7, 11) is 2.00. The lowest BCUT2D eigenvalue weighted by molar-refractivity contribution is 0.0963. The van der Waals surface area contributed by atoms with Crippen LogP contribution in [0.15, 0.2) is 22.2 Å². The third-order valence-electron chi connectivity index (χ3n) is 6.44. The van der Waals surface area contributed by atoms with E-state index in [2.05, 4.69) is 45.8 Å². The molecule has 36 heavy (non-hydrogen) atoms. The molecule has 0 fully saturated rings. The normalized spacial score (nSPS) is 16.1. The van der Waals surface area contributed by atoms with Crippen molar-refractivity contribution in [2.75, 3.05) is 44.9 Å². The highest BCUT2D eigenvalue weighted by atomic mass is 79.9. The summed E-state index contributed by atoms with van der Waals surface area (Å²) >= 11 is 3.15. The second kappa shape index (κ2) is 10.3. The van der Waals surface area contributed by atoms with Crippen LogP contribution in [0, 0.1) is 5.82 Å². The molecule has 0 atom stereocenters. The molecule has 2 aromatic carbocycles. The van der Waals surface area contributed by atoms with E-state index < -0.39 is 5.82 Å². The van der Waals surface area contributed by atoms with E-state index in [0.717, 1.165) is 23.5 Å². The number of ether oxygens (including phenoxy) is 3. The van der Waals surface area contributed by atoms with E-state index in [9.17, 15) is 4.79 Å². The van der Waals surface area contributed by atoms with Crippen LogP contribution in [-0.4, -0.2) is 56.5 Å². The Labute approximate surface area is 220 Å². The first-order valence-electron chi connectivity index (χ1n) is 12.2. The van der Waals surface area contributed by atoms with E-state index in [-0.39, 0.29) is 23.5 Å². The Kier molecular flexibility index (Phi) is 7.50. The summed E-state index contributed by atoms with van der Waals surface area (Å²) in [4.78, 5) is 17.5. The number of Topliss-reactive ketones (excluding diaryl/α,β-unsaturated/α-hetero) is 1. The molecule has 0 bridgehead atoms. The molecule has 0 aliphatic carbocycles.